The maximum absolute atomic E-state index is 11.4. The minimum absolute atomic E-state index is 0.00395. The van der Waals surface area contributed by atoms with Crippen molar-refractivity contribution < 1.29 is 8.42 Å². The molecule has 0 aliphatic carbocycles. The van der Waals surface area contributed by atoms with E-state index in [1.165, 1.54) is 18.1 Å². The van der Waals surface area contributed by atoms with Gasteiger partial charge < -0.3 is 0 Å². The Balaban J connectivity index is 1.66. The summed E-state index contributed by atoms with van der Waals surface area (Å²) in [5, 5.41) is 4.17. The molecule has 1 aromatic heterocycles. The molecule has 0 saturated carbocycles. The summed E-state index contributed by atoms with van der Waals surface area (Å²) < 4.78 is 27.3. The van der Waals surface area contributed by atoms with Crippen LogP contribution in [0.3, 0.4) is 0 Å². The second kappa shape index (κ2) is 7.00. The molecule has 1 N–H and O–H groups in total. The number of sulfonamides is 1. The average molecular weight is 349 g/mol. The lowest BCUT2D eigenvalue weighted by molar-refractivity contribution is 0.194. The quantitative estimate of drug-likeness (QED) is 0.874. The van der Waals surface area contributed by atoms with Gasteiger partial charge in [0.15, 0.2) is 0 Å². The van der Waals surface area contributed by atoms with Crippen molar-refractivity contribution in [2.24, 2.45) is 0 Å². The van der Waals surface area contributed by atoms with E-state index >= 15 is 0 Å². The number of nitrogens with zero attached hydrogens (tertiary/aromatic N) is 4. The first-order valence-corrected chi connectivity index (χ1v) is 9.94. The minimum Gasteiger partial charge on any atom is -0.298 e. The van der Waals surface area contributed by atoms with Gasteiger partial charge in [-0.05, 0) is 43.5 Å². The summed E-state index contributed by atoms with van der Waals surface area (Å²) in [5.41, 5.74) is 3.38. The minimum atomic E-state index is -3.15. The summed E-state index contributed by atoms with van der Waals surface area (Å²) in [4.78, 5) is 6.28. The van der Waals surface area contributed by atoms with Crippen LogP contribution in [0.5, 0.6) is 0 Å². The van der Waals surface area contributed by atoms with Crippen LogP contribution < -0.4 is 4.72 Å². The lowest BCUT2D eigenvalue weighted by Crippen LogP contribution is -2.46. The van der Waals surface area contributed by atoms with Crippen molar-refractivity contribution in [2.75, 3.05) is 19.3 Å². The van der Waals surface area contributed by atoms with Crippen LogP contribution in [0.2, 0.25) is 0 Å². The van der Waals surface area contributed by atoms with E-state index in [2.05, 4.69) is 44.8 Å². The van der Waals surface area contributed by atoms with E-state index in [9.17, 15) is 8.42 Å². The van der Waals surface area contributed by atoms with Gasteiger partial charge in [-0.25, -0.2) is 22.8 Å². The molecule has 1 aromatic carbocycles. The second-order valence-corrected chi connectivity index (χ2v) is 8.21. The summed E-state index contributed by atoms with van der Waals surface area (Å²) in [6.45, 7) is 4.62. The van der Waals surface area contributed by atoms with Gasteiger partial charge >= 0.3 is 0 Å². The molecule has 1 aliphatic rings. The van der Waals surface area contributed by atoms with Crippen LogP contribution in [-0.4, -0.2) is 53.5 Å². The lowest BCUT2D eigenvalue weighted by Gasteiger charge is -2.32. The topological polar surface area (TPSA) is 80.1 Å². The Morgan fingerprint density at radius 3 is 2.88 bits per heavy atom. The number of hydrogen-bond acceptors (Lipinski definition) is 5. The van der Waals surface area contributed by atoms with Crippen molar-refractivity contribution in [3.05, 3.63) is 42.0 Å². The van der Waals surface area contributed by atoms with Crippen molar-refractivity contribution in [2.45, 2.75) is 32.4 Å². The van der Waals surface area contributed by atoms with E-state index in [0.29, 0.717) is 0 Å². The van der Waals surface area contributed by atoms with Crippen molar-refractivity contribution in [1.29, 1.82) is 0 Å². The zero-order valence-corrected chi connectivity index (χ0v) is 14.8. The Morgan fingerprint density at radius 2 is 2.21 bits per heavy atom. The molecular weight excluding hydrogens is 326 g/mol. The molecule has 130 valence electrons. The van der Waals surface area contributed by atoms with Gasteiger partial charge in [0.05, 0.1) is 11.9 Å². The average Bonchev–Trinajstić information content (AvgIpc) is 3.00. The van der Waals surface area contributed by atoms with Crippen molar-refractivity contribution >= 4 is 10.0 Å². The molecule has 7 nitrogen and oxygen atoms in total. The lowest BCUT2D eigenvalue weighted by atomic mass is 10.0. The third-order valence-corrected chi connectivity index (χ3v) is 4.98. The fourth-order valence-electron chi connectivity index (χ4n) is 3.26. The first kappa shape index (κ1) is 17.1. The number of benzene rings is 1. The maximum Gasteiger partial charge on any atom is 0.208 e. The highest BCUT2D eigenvalue weighted by Crippen LogP contribution is 2.18. The monoisotopic (exact) mass is 349 g/mol. The molecule has 0 unspecified atom stereocenters. The van der Waals surface area contributed by atoms with Gasteiger partial charge in [0.2, 0.25) is 10.0 Å². The number of aromatic nitrogens is 3. The molecule has 1 fully saturated rings. The molecule has 2 aromatic rings. The van der Waals surface area contributed by atoms with Crippen LogP contribution in [0, 0.1) is 6.92 Å². The van der Waals surface area contributed by atoms with Gasteiger partial charge in [0, 0.05) is 19.1 Å². The third kappa shape index (κ3) is 4.40. The van der Waals surface area contributed by atoms with Crippen LogP contribution >= 0.6 is 0 Å². The fraction of sp³-hybridized carbons (Fsp3) is 0.500. The largest absolute Gasteiger partial charge is 0.298 e. The van der Waals surface area contributed by atoms with Gasteiger partial charge in [-0.2, -0.15) is 5.10 Å². The Morgan fingerprint density at radius 1 is 1.38 bits per heavy atom. The van der Waals surface area contributed by atoms with Crippen LogP contribution in [0.25, 0.3) is 5.69 Å². The fourth-order valence-corrected chi connectivity index (χ4v) is 4.06. The van der Waals surface area contributed by atoms with E-state index in [4.69, 9.17) is 0 Å². The Kier molecular flexibility index (Phi) is 4.98. The first-order chi connectivity index (χ1) is 11.4. The van der Waals surface area contributed by atoms with E-state index in [1.807, 2.05) is 0 Å². The summed E-state index contributed by atoms with van der Waals surface area (Å²) in [6, 6.07) is 6.31. The predicted octanol–water partition coefficient (Wildman–Crippen LogP) is 1.09. The van der Waals surface area contributed by atoms with Crippen molar-refractivity contribution in [3.63, 3.8) is 0 Å². The van der Waals surface area contributed by atoms with Crippen LogP contribution in [0.4, 0.5) is 0 Å². The number of likely N-dealkylation sites (tertiary alicyclic amines) is 1. The smallest absolute Gasteiger partial charge is 0.208 e. The molecular formula is C16H23N5O2S. The maximum atomic E-state index is 11.4. The highest BCUT2D eigenvalue weighted by atomic mass is 32.2. The molecule has 8 heteroatoms. The highest BCUT2D eigenvalue weighted by Gasteiger charge is 2.22. The summed E-state index contributed by atoms with van der Waals surface area (Å²) in [7, 11) is -3.15. The third-order valence-electron chi connectivity index (χ3n) is 4.22. The molecule has 0 radical (unpaired) electrons. The van der Waals surface area contributed by atoms with Gasteiger partial charge in [0.1, 0.15) is 12.7 Å². The van der Waals surface area contributed by atoms with Gasteiger partial charge in [-0.1, -0.05) is 12.1 Å². The summed E-state index contributed by atoms with van der Waals surface area (Å²) >= 11 is 0. The Hall–Kier alpha value is -1.77. The van der Waals surface area contributed by atoms with E-state index in [1.54, 1.807) is 11.0 Å². The molecule has 1 aliphatic heterocycles. The van der Waals surface area contributed by atoms with Crippen LogP contribution in [0.1, 0.15) is 24.0 Å². The van der Waals surface area contributed by atoms with E-state index in [0.717, 1.165) is 43.7 Å². The zero-order valence-electron chi connectivity index (χ0n) is 14.0. The molecule has 3 rings (SSSR count). The van der Waals surface area contributed by atoms with Gasteiger partial charge in [-0.3, -0.25) is 4.90 Å². The van der Waals surface area contributed by atoms with Gasteiger partial charge in [-0.15, -0.1) is 0 Å². The van der Waals surface area contributed by atoms with Crippen molar-refractivity contribution in [3.8, 4) is 5.69 Å². The first-order valence-electron chi connectivity index (χ1n) is 8.05. The second-order valence-electron chi connectivity index (χ2n) is 6.43. The van der Waals surface area contributed by atoms with Crippen molar-refractivity contribution in [1.82, 2.24) is 24.4 Å². The molecule has 1 atom stereocenters. The SMILES string of the molecule is Cc1cc(CN2CCC[C@H](NS(C)(=O)=O)C2)ccc1-n1cncn1. The Labute approximate surface area is 142 Å². The molecule has 1 saturated heterocycles. The number of piperidine rings is 1. The number of hydrogen-bond donors (Lipinski definition) is 1. The van der Waals surface area contributed by atoms with Crippen LogP contribution in [0.15, 0.2) is 30.9 Å². The molecule has 2 heterocycles. The zero-order chi connectivity index (χ0) is 17.2. The van der Waals surface area contributed by atoms with Gasteiger partial charge in [0.25, 0.3) is 0 Å². The molecule has 0 bridgehead atoms. The Bertz CT molecular complexity index is 789. The highest BCUT2D eigenvalue weighted by molar-refractivity contribution is 7.88. The molecule has 0 spiro atoms. The standard InChI is InChI=1S/C16H23N5O2S/c1-13-8-14(5-6-16(13)21-12-17-11-18-21)9-20-7-3-4-15(10-20)19-24(2,22)23/h5-6,8,11-12,15,19H,3-4,7,9-10H2,1-2H3/t15-/m0/s1. The normalized spacial score (nSPS) is 19.5. The summed E-state index contributed by atoms with van der Waals surface area (Å²) in [6.07, 6.45) is 6.33. The van der Waals surface area contributed by atoms with E-state index in [-0.39, 0.29) is 6.04 Å². The number of aryl methyl sites for hydroxylation is 1. The van der Waals surface area contributed by atoms with E-state index < -0.39 is 10.0 Å². The summed E-state index contributed by atoms with van der Waals surface area (Å²) in [5.74, 6) is 0. The molecule has 24 heavy (non-hydrogen) atoms. The molecule has 0 amide bonds. The number of rotatable bonds is 5. The number of nitrogens with one attached hydrogen (secondary N) is 1. The van der Waals surface area contributed by atoms with Crippen LogP contribution in [-0.2, 0) is 16.6 Å². The predicted molar refractivity (Wildman–Crippen MR) is 92.4 cm³/mol.